The Morgan fingerprint density at radius 3 is 2.86 bits per heavy atom. The summed E-state index contributed by atoms with van der Waals surface area (Å²) in [5, 5.41) is 11.4. The lowest BCUT2D eigenvalue weighted by atomic mass is 10.1. The molecule has 1 aliphatic rings. The zero-order chi connectivity index (χ0) is 15.6. The fraction of sp³-hybridized carbons (Fsp3) is 0.500. The Morgan fingerprint density at radius 1 is 1.57 bits per heavy atom. The molecule has 1 heterocycles. The molecule has 1 amide bonds. The van der Waals surface area contributed by atoms with Gasteiger partial charge in [0.15, 0.2) is 0 Å². The summed E-state index contributed by atoms with van der Waals surface area (Å²) >= 11 is 5.86. The molecule has 114 valence electrons. The van der Waals surface area contributed by atoms with Gasteiger partial charge in [0, 0.05) is 31.2 Å². The highest BCUT2D eigenvalue weighted by atomic mass is 35.5. The van der Waals surface area contributed by atoms with E-state index in [0.717, 1.165) is 19.5 Å². The predicted octanol–water partition coefficient (Wildman–Crippen LogP) is 2.27. The summed E-state index contributed by atoms with van der Waals surface area (Å²) in [6, 6.07) is 4.05. The SMILES string of the molecule is CN1CCC(CN(C)C(=O)c2cc(Cl)ccc2[N+](=O)[O-])C1. The van der Waals surface area contributed by atoms with Crippen LogP contribution in [-0.4, -0.2) is 54.4 Å². The molecule has 0 aromatic heterocycles. The van der Waals surface area contributed by atoms with Gasteiger partial charge in [-0.2, -0.15) is 0 Å². The van der Waals surface area contributed by atoms with Gasteiger partial charge in [0.25, 0.3) is 11.6 Å². The zero-order valence-electron chi connectivity index (χ0n) is 12.1. The van der Waals surface area contributed by atoms with Crippen molar-refractivity contribution in [3.63, 3.8) is 0 Å². The molecule has 6 nitrogen and oxygen atoms in total. The van der Waals surface area contributed by atoms with Crippen LogP contribution < -0.4 is 0 Å². The first-order valence-corrected chi connectivity index (χ1v) is 7.14. The van der Waals surface area contributed by atoms with E-state index < -0.39 is 4.92 Å². The van der Waals surface area contributed by atoms with E-state index in [2.05, 4.69) is 4.90 Å². The highest BCUT2D eigenvalue weighted by molar-refractivity contribution is 6.31. The molecular weight excluding hydrogens is 294 g/mol. The number of carbonyl (C=O) groups excluding carboxylic acids is 1. The third-order valence-electron chi connectivity index (χ3n) is 3.75. The van der Waals surface area contributed by atoms with E-state index in [1.165, 1.54) is 18.2 Å². The van der Waals surface area contributed by atoms with Gasteiger partial charge < -0.3 is 9.80 Å². The third kappa shape index (κ3) is 3.71. The van der Waals surface area contributed by atoms with Gasteiger partial charge in [0.2, 0.25) is 0 Å². The van der Waals surface area contributed by atoms with E-state index in [1.807, 2.05) is 7.05 Å². The Bertz CT molecular complexity index is 564. The van der Waals surface area contributed by atoms with Crippen molar-refractivity contribution in [3.05, 3.63) is 38.9 Å². The lowest BCUT2D eigenvalue weighted by Gasteiger charge is -2.21. The molecule has 1 fully saturated rings. The number of halogens is 1. The lowest BCUT2D eigenvalue weighted by molar-refractivity contribution is -0.385. The number of carbonyl (C=O) groups is 1. The fourth-order valence-corrected chi connectivity index (χ4v) is 2.86. The first-order chi connectivity index (χ1) is 9.88. The summed E-state index contributed by atoms with van der Waals surface area (Å²) in [6.45, 7) is 2.55. The molecule has 1 atom stereocenters. The van der Waals surface area contributed by atoms with Gasteiger partial charge in [0.05, 0.1) is 4.92 Å². The lowest BCUT2D eigenvalue weighted by Crippen LogP contribution is -2.33. The minimum atomic E-state index is -0.555. The smallest absolute Gasteiger partial charge is 0.282 e. The van der Waals surface area contributed by atoms with Crippen LogP contribution in [0.1, 0.15) is 16.8 Å². The number of likely N-dealkylation sites (tertiary alicyclic amines) is 1. The van der Waals surface area contributed by atoms with Crippen LogP contribution in [0.3, 0.4) is 0 Å². The molecule has 1 aromatic rings. The fourth-order valence-electron chi connectivity index (χ4n) is 2.69. The predicted molar refractivity (Wildman–Crippen MR) is 80.7 cm³/mol. The van der Waals surface area contributed by atoms with Crippen molar-refractivity contribution in [3.8, 4) is 0 Å². The first kappa shape index (κ1) is 15.7. The summed E-state index contributed by atoms with van der Waals surface area (Å²) in [5.41, 5.74) is -0.166. The third-order valence-corrected chi connectivity index (χ3v) is 3.99. The van der Waals surface area contributed by atoms with Gasteiger partial charge in [-0.25, -0.2) is 0 Å². The number of rotatable bonds is 4. The zero-order valence-corrected chi connectivity index (χ0v) is 12.8. The van der Waals surface area contributed by atoms with Crippen molar-refractivity contribution in [1.82, 2.24) is 9.80 Å². The highest BCUT2D eigenvalue weighted by Gasteiger charge is 2.27. The van der Waals surface area contributed by atoms with Crippen LogP contribution in [-0.2, 0) is 0 Å². The van der Waals surface area contributed by atoms with E-state index in [9.17, 15) is 14.9 Å². The summed E-state index contributed by atoms with van der Waals surface area (Å²) in [7, 11) is 3.72. The second kappa shape index (κ2) is 6.41. The normalized spacial score (nSPS) is 18.7. The second-order valence-corrected chi connectivity index (χ2v) is 5.96. The maximum Gasteiger partial charge on any atom is 0.282 e. The Labute approximate surface area is 128 Å². The Kier molecular flexibility index (Phi) is 4.80. The number of nitrogens with zero attached hydrogens (tertiary/aromatic N) is 3. The van der Waals surface area contributed by atoms with E-state index >= 15 is 0 Å². The van der Waals surface area contributed by atoms with Gasteiger partial charge in [-0.05, 0) is 38.1 Å². The average Bonchev–Trinajstić information content (AvgIpc) is 2.82. The quantitative estimate of drug-likeness (QED) is 0.632. The Balaban J connectivity index is 2.15. The standard InChI is InChI=1S/C14H18ClN3O3/c1-16-6-5-10(8-16)9-17(2)14(19)12-7-11(15)3-4-13(12)18(20)21/h3-4,7,10H,5-6,8-9H2,1-2H3. The van der Waals surface area contributed by atoms with Crippen molar-refractivity contribution in [1.29, 1.82) is 0 Å². The first-order valence-electron chi connectivity index (χ1n) is 6.76. The molecule has 0 aliphatic carbocycles. The largest absolute Gasteiger partial charge is 0.341 e. The van der Waals surface area contributed by atoms with Gasteiger partial charge in [-0.3, -0.25) is 14.9 Å². The maximum absolute atomic E-state index is 12.4. The minimum Gasteiger partial charge on any atom is -0.341 e. The van der Waals surface area contributed by atoms with Crippen molar-refractivity contribution in [2.24, 2.45) is 5.92 Å². The van der Waals surface area contributed by atoms with Crippen molar-refractivity contribution in [2.75, 3.05) is 33.7 Å². The van der Waals surface area contributed by atoms with Crippen LogP contribution in [0.15, 0.2) is 18.2 Å². The average molecular weight is 312 g/mol. The summed E-state index contributed by atoms with van der Waals surface area (Å²) < 4.78 is 0. The monoisotopic (exact) mass is 311 g/mol. The topological polar surface area (TPSA) is 66.7 Å². The number of benzene rings is 1. The Morgan fingerprint density at radius 2 is 2.29 bits per heavy atom. The summed E-state index contributed by atoms with van der Waals surface area (Å²) in [5.74, 6) is 0.0425. The van der Waals surface area contributed by atoms with Gasteiger partial charge in [-0.1, -0.05) is 11.6 Å². The second-order valence-electron chi connectivity index (χ2n) is 5.52. The van der Waals surface area contributed by atoms with Crippen LogP contribution in [0.5, 0.6) is 0 Å². The molecular formula is C14H18ClN3O3. The van der Waals surface area contributed by atoms with E-state index in [1.54, 1.807) is 11.9 Å². The van der Waals surface area contributed by atoms with Crippen LogP contribution in [0, 0.1) is 16.0 Å². The number of nitro groups is 1. The molecule has 0 bridgehead atoms. The minimum absolute atomic E-state index is 0.0429. The molecule has 1 aromatic carbocycles. The molecule has 0 N–H and O–H groups in total. The molecule has 0 radical (unpaired) electrons. The molecule has 1 unspecified atom stereocenters. The van der Waals surface area contributed by atoms with Crippen LogP contribution in [0.2, 0.25) is 5.02 Å². The number of nitro benzene ring substituents is 1. The number of hydrogen-bond acceptors (Lipinski definition) is 4. The molecule has 0 spiro atoms. The van der Waals surface area contributed by atoms with Gasteiger partial charge in [-0.15, -0.1) is 0 Å². The number of amides is 1. The maximum atomic E-state index is 12.4. The van der Waals surface area contributed by atoms with E-state index in [0.29, 0.717) is 17.5 Å². The molecule has 1 saturated heterocycles. The number of hydrogen-bond donors (Lipinski definition) is 0. The Hall–Kier alpha value is -1.66. The van der Waals surface area contributed by atoms with Gasteiger partial charge >= 0.3 is 0 Å². The molecule has 2 rings (SSSR count). The molecule has 21 heavy (non-hydrogen) atoms. The van der Waals surface area contributed by atoms with Crippen LogP contribution in [0.4, 0.5) is 5.69 Å². The highest BCUT2D eigenvalue weighted by Crippen LogP contribution is 2.24. The molecule has 7 heteroatoms. The summed E-state index contributed by atoms with van der Waals surface area (Å²) in [6.07, 6.45) is 1.03. The van der Waals surface area contributed by atoms with E-state index in [4.69, 9.17) is 11.6 Å². The molecule has 1 aliphatic heterocycles. The van der Waals surface area contributed by atoms with Crippen LogP contribution in [0.25, 0.3) is 0 Å². The van der Waals surface area contributed by atoms with Gasteiger partial charge in [0.1, 0.15) is 5.56 Å². The van der Waals surface area contributed by atoms with Crippen molar-refractivity contribution in [2.45, 2.75) is 6.42 Å². The van der Waals surface area contributed by atoms with Crippen molar-refractivity contribution < 1.29 is 9.72 Å². The summed E-state index contributed by atoms with van der Waals surface area (Å²) in [4.78, 5) is 26.7. The molecule has 0 saturated carbocycles. The van der Waals surface area contributed by atoms with Crippen molar-refractivity contribution >= 4 is 23.2 Å². The van der Waals surface area contributed by atoms with Crippen LogP contribution >= 0.6 is 11.6 Å². The van der Waals surface area contributed by atoms with E-state index in [-0.39, 0.29) is 17.2 Å².